The Morgan fingerprint density at radius 1 is 1.07 bits per heavy atom. The van der Waals surface area contributed by atoms with Crippen LogP contribution in [-0.4, -0.2) is 60.7 Å². The van der Waals surface area contributed by atoms with Gasteiger partial charge in [0.1, 0.15) is 0 Å². The number of benzene rings is 1. The largest absolute Gasteiger partial charge is 0.360 e. The summed E-state index contributed by atoms with van der Waals surface area (Å²) in [5, 5.41) is 4.30. The summed E-state index contributed by atoms with van der Waals surface area (Å²) < 4.78 is 27.3. The summed E-state index contributed by atoms with van der Waals surface area (Å²) in [6, 6.07) is 6.66. The number of nitrogens with zero attached hydrogens (tertiary/aromatic N) is 2. The van der Waals surface area contributed by atoms with Crippen molar-refractivity contribution in [2.45, 2.75) is 43.5 Å². The van der Waals surface area contributed by atoms with E-state index in [2.05, 4.69) is 10.2 Å². The predicted octanol–water partition coefficient (Wildman–Crippen LogP) is 2.26. The van der Waals surface area contributed by atoms with Gasteiger partial charge in [0.25, 0.3) is 0 Å². The van der Waals surface area contributed by atoms with E-state index in [4.69, 9.17) is 12.2 Å². The molecule has 3 fully saturated rings. The number of carbonyl (C=O) groups excluding carboxylic acids is 1. The molecular formula is C20H27N3O3S2. The molecule has 1 saturated heterocycles. The zero-order valence-electron chi connectivity index (χ0n) is 16.1. The van der Waals surface area contributed by atoms with E-state index < -0.39 is 10.0 Å². The number of nitrogens with one attached hydrogen (secondary N) is 1. The van der Waals surface area contributed by atoms with Crippen LogP contribution in [0.5, 0.6) is 0 Å². The van der Waals surface area contributed by atoms with Crippen molar-refractivity contribution in [3.63, 3.8) is 0 Å². The van der Waals surface area contributed by atoms with Crippen LogP contribution < -0.4 is 5.32 Å². The van der Waals surface area contributed by atoms with Gasteiger partial charge in [0.05, 0.1) is 4.90 Å². The normalized spacial score (nSPS) is 27.8. The Hall–Kier alpha value is -1.51. The lowest BCUT2D eigenvalue weighted by Gasteiger charge is -2.37. The molecule has 2 saturated carbocycles. The summed E-state index contributed by atoms with van der Waals surface area (Å²) in [7, 11) is -3.55. The zero-order chi connectivity index (χ0) is 19.9. The number of hydrogen-bond donors (Lipinski definition) is 1. The fraction of sp³-hybridized carbons (Fsp3) is 0.600. The number of fused-ring (bicyclic) bond motifs is 2. The number of sulfonamides is 1. The molecule has 1 heterocycles. The van der Waals surface area contributed by atoms with E-state index in [1.807, 2.05) is 0 Å². The molecule has 1 aromatic carbocycles. The van der Waals surface area contributed by atoms with Crippen LogP contribution in [0.3, 0.4) is 0 Å². The third kappa shape index (κ3) is 3.82. The minimum atomic E-state index is -3.55. The van der Waals surface area contributed by atoms with Gasteiger partial charge in [0, 0.05) is 37.8 Å². The van der Waals surface area contributed by atoms with Gasteiger partial charge in [-0.15, -0.1) is 0 Å². The molecule has 0 spiro atoms. The molecule has 3 atom stereocenters. The maximum atomic E-state index is 12.9. The second-order valence-corrected chi connectivity index (χ2v) is 10.5. The van der Waals surface area contributed by atoms with Crippen LogP contribution in [0.1, 0.15) is 43.0 Å². The number of thiocarbonyl (C=S) groups is 1. The molecule has 1 aromatic rings. The van der Waals surface area contributed by atoms with E-state index in [0.29, 0.717) is 37.8 Å². The Balaban J connectivity index is 1.34. The first kappa shape index (κ1) is 19.8. The molecule has 1 aliphatic heterocycles. The van der Waals surface area contributed by atoms with Gasteiger partial charge in [-0.1, -0.05) is 18.6 Å². The van der Waals surface area contributed by atoms with Gasteiger partial charge < -0.3 is 10.2 Å². The van der Waals surface area contributed by atoms with E-state index in [1.165, 1.54) is 49.0 Å². The number of rotatable bonds is 4. The maximum Gasteiger partial charge on any atom is 0.243 e. The molecule has 0 aromatic heterocycles. The first-order valence-electron chi connectivity index (χ1n) is 10.0. The minimum absolute atomic E-state index is 0.0749. The van der Waals surface area contributed by atoms with Gasteiger partial charge >= 0.3 is 0 Å². The molecule has 2 bridgehead atoms. The Kier molecular flexibility index (Phi) is 5.46. The van der Waals surface area contributed by atoms with Crippen LogP contribution >= 0.6 is 12.2 Å². The molecule has 1 N–H and O–H groups in total. The molecule has 0 unspecified atom stereocenters. The molecule has 0 amide bonds. The van der Waals surface area contributed by atoms with Crippen LogP contribution in [-0.2, 0) is 10.0 Å². The number of piperazine rings is 1. The molecule has 152 valence electrons. The van der Waals surface area contributed by atoms with Crippen LogP contribution in [0, 0.1) is 11.8 Å². The Morgan fingerprint density at radius 2 is 1.75 bits per heavy atom. The fourth-order valence-corrected chi connectivity index (χ4v) is 6.57. The highest BCUT2D eigenvalue weighted by atomic mass is 32.2. The Morgan fingerprint density at radius 3 is 2.29 bits per heavy atom. The number of hydrogen-bond acceptors (Lipinski definition) is 4. The third-order valence-corrected chi connectivity index (χ3v) is 8.76. The molecule has 6 nitrogen and oxygen atoms in total. The van der Waals surface area contributed by atoms with E-state index in [0.717, 1.165) is 16.9 Å². The van der Waals surface area contributed by atoms with Crippen molar-refractivity contribution in [3.8, 4) is 0 Å². The van der Waals surface area contributed by atoms with Crippen molar-refractivity contribution in [1.29, 1.82) is 0 Å². The molecule has 4 rings (SSSR count). The second kappa shape index (κ2) is 7.72. The first-order chi connectivity index (χ1) is 13.3. The highest BCUT2D eigenvalue weighted by molar-refractivity contribution is 7.89. The van der Waals surface area contributed by atoms with Gasteiger partial charge in [0.15, 0.2) is 10.9 Å². The van der Waals surface area contributed by atoms with E-state index in [9.17, 15) is 13.2 Å². The SMILES string of the molecule is CC(=O)c1ccc(S(=O)(=O)N2CCN(C(=S)N[C@@H]3C[C@@H]4CC[C@@H]3C4)CC2)cc1. The van der Waals surface area contributed by atoms with Crippen molar-refractivity contribution in [2.24, 2.45) is 11.8 Å². The number of ketones is 1. The summed E-state index contributed by atoms with van der Waals surface area (Å²) in [5.41, 5.74) is 0.515. The topological polar surface area (TPSA) is 69.7 Å². The highest BCUT2D eigenvalue weighted by Crippen LogP contribution is 2.44. The number of carbonyl (C=O) groups is 1. The van der Waals surface area contributed by atoms with Crippen LogP contribution in [0.4, 0.5) is 0 Å². The third-order valence-electron chi connectivity index (χ3n) is 6.47. The van der Waals surface area contributed by atoms with E-state index >= 15 is 0 Å². The molecule has 8 heteroatoms. The smallest absolute Gasteiger partial charge is 0.243 e. The average Bonchev–Trinajstić information content (AvgIpc) is 3.31. The van der Waals surface area contributed by atoms with Gasteiger partial charge in [-0.3, -0.25) is 4.79 Å². The van der Waals surface area contributed by atoms with Gasteiger partial charge in [-0.2, -0.15) is 4.31 Å². The van der Waals surface area contributed by atoms with Crippen molar-refractivity contribution in [3.05, 3.63) is 29.8 Å². The van der Waals surface area contributed by atoms with Crippen molar-refractivity contribution in [2.75, 3.05) is 26.2 Å². The summed E-state index contributed by atoms with van der Waals surface area (Å²) in [6.45, 7) is 3.48. The van der Waals surface area contributed by atoms with Crippen molar-refractivity contribution in [1.82, 2.24) is 14.5 Å². The minimum Gasteiger partial charge on any atom is -0.360 e. The second-order valence-electron chi connectivity index (χ2n) is 8.20. The highest BCUT2D eigenvalue weighted by Gasteiger charge is 2.40. The fourth-order valence-electron chi connectivity index (χ4n) is 4.81. The zero-order valence-corrected chi connectivity index (χ0v) is 17.8. The summed E-state index contributed by atoms with van der Waals surface area (Å²) in [5.74, 6) is 1.54. The summed E-state index contributed by atoms with van der Waals surface area (Å²) >= 11 is 5.61. The lowest BCUT2D eigenvalue weighted by atomic mass is 9.95. The van der Waals surface area contributed by atoms with Crippen LogP contribution in [0.2, 0.25) is 0 Å². The van der Waals surface area contributed by atoms with Gasteiger partial charge in [-0.25, -0.2) is 8.42 Å². The van der Waals surface area contributed by atoms with Crippen molar-refractivity contribution >= 4 is 33.1 Å². The van der Waals surface area contributed by atoms with Crippen molar-refractivity contribution < 1.29 is 13.2 Å². The maximum absolute atomic E-state index is 12.9. The average molecular weight is 422 g/mol. The summed E-state index contributed by atoms with van der Waals surface area (Å²) in [4.78, 5) is 13.7. The monoisotopic (exact) mass is 421 g/mol. The van der Waals surface area contributed by atoms with Gasteiger partial charge in [-0.05, 0) is 62.4 Å². The Bertz CT molecular complexity index is 861. The molecule has 0 radical (unpaired) electrons. The molecule has 2 aliphatic carbocycles. The standard InChI is InChI=1S/C20H27N3O3S2/c1-14(24)16-4-6-18(7-5-16)28(25,26)23-10-8-22(9-11-23)20(27)21-19-13-15-2-3-17(19)12-15/h4-7,15,17,19H,2-3,8-13H2,1H3,(H,21,27)/t15-,17-,19-/m1/s1. The molecule has 3 aliphatic rings. The van der Waals surface area contributed by atoms with E-state index in [1.54, 1.807) is 12.1 Å². The molecular weight excluding hydrogens is 394 g/mol. The van der Waals surface area contributed by atoms with Crippen LogP contribution in [0.25, 0.3) is 0 Å². The van der Waals surface area contributed by atoms with E-state index in [-0.39, 0.29) is 10.7 Å². The Labute approximate surface area is 172 Å². The number of Topliss-reactive ketones (excluding diaryl/α,β-unsaturated/α-hetero) is 1. The summed E-state index contributed by atoms with van der Waals surface area (Å²) in [6.07, 6.45) is 5.21. The van der Waals surface area contributed by atoms with Crippen LogP contribution in [0.15, 0.2) is 29.2 Å². The first-order valence-corrected chi connectivity index (χ1v) is 11.9. The lowest BCUT2D eigenvalue weighted by Crippen LogP contribution is -2.54. The lowest BCUT2D eigenvalue weighted by molar-refractivity contribution is 0.101. The quantitative estimate of drug-likeness (QED) is 0.594. The molecule has 28 heavy (non-hydrogen) atoms. The predicted molar refractivity (Wildman–Crippen MR) is 112 cm³/mol. The van der Waals surface area contributed by atoms with Gasteiger partial charge in [0.2, 0.25) is 10.0 Å².